The Balaban J connectivity index is 2.37. The number of hydrogen-bond donors (Lipinski definition) is 1. The Bertz CT molecular complexity index is 627. The first-order valence-electron chi connectivity index (χ1n) is 6.12. The summed E-state index contributed by atoms with van der Waals surface area (Å²) in [5.41, 5.74) is 1.77. The first kappa shape index (κ1) is 15.2. The lowest BCUT2D eigenvalue weighted by molar-refractivity contribution is -0.133. The Hall–Kier alpha value is -1.24. The molecule has 0 aliphatic carbocycles. The van der Waals surface area contributed by atoms with Gasteiger partial charge in [0.05, 0.1) is 16.8 Å². The van der Waals surface area contributed by atoms with E-state index in [1.807, 2.05) is 30.8 Å². The summed E-state index contributed by atoms with van der Waals surface area (Å²) in [5.74, 6) is -0.849. The predicted molar refractivity (Wildman–Crippen MR) is 81.7 cm³/mol. The largest absolute Gasteiger partial charge is 0.481 e. The van der Waals surface area contributed by atoms with Gasteiger partial charge in [-0.15, -0.1) is 0 Å². The third-order valence-corrected chi connectivity index (χ3v) is 3.97. The van der Waals surface area contributed by atoms with Crippen LogP contribution in [0.5, 0.6) is 0 Å². The number of benzene rings is 1. The second kappa shape index (κ2) is 6.47. The van der Waals surface area contributed by atoms with Gasteiger partial charge in [-0.25, -0.2) is 4.98 Å². The molecule has 0 bridgehead atoms. The van der Waals surface area contributed by atoms with Crippen LogP contribution in [0.1, 0.15) is 0 Å². The SMILES string of the molecule is CN(C)CCn1c(SCC(=O)O)nc2ccc(Cl)cc21. The Morgan fingerprint density at radius 2 is 2.25 bits per heavy atom. The van der Waals surface area contributed by atoms with Crippen molar-refractivity contribution in [3.63, 3.8) is 0 Å². The molecule has 7 heteroatoms. The maximum Gasteiger partial charge on any atom is 0.313 e. The molecule has 1 aromatic heterocycles. The van der Waals surface area contributed by atoms with Crippen molar-refractivity contribution < 1.29 is 9.90 Å². The number of carboxylic acids is 1. The van der Waals surface area contributed by atoms with E-state index in [4.69, 9.17) is 16.7 Å². The van der Waals surface area contributed by atoms with Crippen LogP contribution in [0, 0.1) is 0 Å². The lowest BCUT2D eigenvalue weighted by atomic mass is 10.3. The Morgan fingerprint density at radius 1 is 1.50 bits per heavy atom. The van der Waals surface area contributed by atoms with E-state index >= 15 is 0 Å². The van der Waals surface area contributed by atoms with Gasteiger partial charge < -0.3 is 14.6 Å². The highest BCUT2D eigenvalue weighted by Gasteiger charge is 2.13. The summed E-state index contributed by atoms with van der Waals surface area (Å²) >= 11 is 7.27. The average Bonchev–Trinajstić information content (AvgIpc) is 2.71. The summed E-state index contributed by atoms with van der Waals surface area (Å²) in [6.45, 7) is 1.59. The molecule has 20 heavy (non-hydrogen) atoms. The number of halogens is 1. The number of carbonyl (C=O) groups is 1. The van der Waals surface area contributed by atoms with Crippen molar-refractivity contribution in [2.75, 3.05) is 26.4 Å². The van der Waals surface area contributed by atoms with Crippen molar-refractivity contribution in [1.29, 1.82) is 0 Å². The minimum absolute atomic E-state index is 0.000974. The molecular formula is C13H16ClN3O2S. The zero-order valence-corrected chi connectivity index (χ0v) is 12.9. The van der Waals surface area contributed by atoms with E-state index in [9.17, 15) is 4.79 Å². The molecule has 2 rings (SSSR count). The predicted octanol–water partition coefficient (Wildman–Crippen LogP) is 2.43. The van der Waals surface area contributed by atoms with Gasteiger partial charge >= 0.3 is 5.97 Å². The van der Waals surface area contributed by atoms with Crippen LogP contribution in [-0.4, -0.2) is 51.9 Å². The lowest BCUT2D eigenvalue weighted by Gasteiger charge is -2.12. The fourth-order valence-corrected chi connectivity index (χ4v) is 2.75. The van der Waals surface area contributed by atoms with E-state index in [2.05, 4.69) is 9.88 Å². The number of nitrogens with zero attached hydrogens (tertiary/aromatic N) is 3. The van der Waals surface area contributed by atoms with Crippen molar-refractivity contribution >= 4 is 40.4 Å². The normalized spacial score (nSPS) is 11.4. The molecule has 0 atom stereocenters. The molecular weight excluding hydrogens is 298 g/mol. The standard InChI is InChI=1S/C13H16ClN3O2S/c1-16(2)5-6-17-11-7-9(14)3-4-10(11)15-13(17)20-8-12(18)19/h3-4,7H,5-6,8H2,1-2H3,(H,18,19). The van der Waals surface area contributed by atoms with Crippen molar-refractivity contribution in [3.05, 3.63) is 23.2 Å². The molecule has 0 spiro atoms. The van der Waals surface area contributed by atoms with Crippen LogP contribution >= 0.6 is 23.4 Å². The maximum atomic E-state index is 10.7. The molecule has 108 valence electrons. The molecule has 1 aromatic carbocycles. The number of thioether (sulfide) groups is 1. The minimum atomic E-state index is -0.848. The van der Waals surface area contributed by atoms with Crippen molar-refractivity contribution in [1.82, 2.24) is 14.5 Å². The van der Waals surface area contributed by atoms with Gasteiger partial charge in [0.15, 0.2) is 5.16 Å². The van der Waals surface area contributed by atoms with Crippen LogP contribution in [0.3, 0.4) is 0 Å². The van der Waals surface area contributed by atoms with Crippen LogP contribution in [0.2, 0.25) is 5.02 Å². The van der Waals surface area contributed by atoms with Crippen LogP contribution < -0.4 is 0 Å². The van der Waals surface area contributed by atoms with Gasteiger partial charge in [0.1, 0.15) is 0 Å². The molecule has 0 saturated carbocycles. The summed E-state index contributed by atoms with van der Waals surface area (Å²) in [5, 5.41) is 10.2. The molecule has 0 amide bonds. The zero-order valence-electron chi connectivity index (χ0n) is 11.3. The van der Waals surface area contributed by atoms with Crippen LogP contribution in [0.4, 0.5) is 0 Å². The molecule has 1 heterocycles. The molecule has 5 nitrogen and oxygen atoms in total. The van der Waals surface area contributed by atoms with Gasteiger partial charge in [-0.2, -0.15) is 0 Å². The van der Waals surface area contributed by atoms with Crippen LogP contribution in [0.15, 0.2) is 23.4 Å². The summed E-state index contributed by atoms with van der Waals surface area (Å²) < 4.78 is 2.02. The number of likely N-dealkylation sites (N-methyl/N-ethyl adjacent to an activating group) is 1. The fourth-order valence-electron chi connectivity index (χ4n) is 1.83. The summed E-state index contributed by atoms with van der Waals surface area (Å²) in [6, 6.07) is 5.51. The smallest absolute Gasteiger partial charge is 0.313 e. The van der Waals surface area contributed by atoms with Crippen molar-refractivity contribution in [2.45, 2.75) is 11.7 Å². The highest BCUT2D eigenvalue weighted by Crippen LogP contribution is 2.26. The minimum Gasteiger partial charge on any atom is -0.481 e. The number of imidazole rings is 1. The van der Waals surface area contributed by atoms with E-state index in [1.54, 1.807) is 6.07 Å². The summed E-state index contributed by atoms with van der Waals surface area (Å²) in [7, 11) is 3.99. The summed E-state index contributed by atoms with van der Waals surface area (Å²) in [4.78, 5) is 17.3. The fraction of sp³-hybridized carbons (Fsp3) is 0.385. The first-order chi connectivity index (χ1) is 9.47. The molecule has 0 aliphatic rings. The Kier molecular flexibility index (Phi) is 4.91. The maximum absolute atomic E-state index is 10.7. The number of hydrogen-bond acceptors (Lipinski definition) is 4. The van der Waals surface area contributed by atoms with Crippen molar-refractivity contribution in [3.8, 4) is 0 Å². The third-order valence-electron chi connectivity index (χ3n) is 2.77. The highest BCUT2D eigenvalue weighted by atomic mass is 35.5. The van der Waals surface area contributed by atoms with E-state index in [1.165, 1.54) is 11.8 Å². The molecule has 2 aromatic rings. The Morgan fingerprint density at radius 3 is 2.90 bits per heavy atom. The monoisotopic (exact) mass is 313 g/mol. The van der Waals surface area contributed by atoms with Gasteiger partial charge in [-0.05, 0) is 32.3 Å². The van der Waals surface area contributed by atoms with Gasteiger partial charge in [0.25, 0.3) is 0 Å². The second-order valence-corrected chi connectivity index (χ2v) is 6.04. The number of aliphatic carboxylic acids is 1. The van der Waals surface area contributed by atoms with E-state index in [0.717, 1.165) is 24.1 Å². The van der Waals surface area contributed by atoms with Crippen LogP contribution in [-0.2, 0) is 11.3 Å². The number of carboxylic acid groups (broad SMARTS) is 1. The molecule has 0 aliphatic heterocycles. The van der Waals surface area contributed by atoms with E-state index in [-0.39, 0.29) is 5.75 Å². The van der Waals surface area contributed by atoms with Gasteiger partial charge in [0.2, 0.25) is 0 Å². The lowest BCUT2D eigenvalue weighted by Crippen LogP contribution is -2.19. The highest BCUT2D eigenvalue weighted by molar-refractivity contribution is 7.99. The number of fused-ring (bicyclic) bond motifs is 1. The number of aromatic nitrogens is 2. The van der Waals surface area contributed by atoms with E-state index < -0.39 is 5.97 Å². The number of rotatable bonds is 6. The third kappa shape index (κ3) is 3.65. The molecule has 0 saturated heterocycles. The molecule has 0 radical (unpaired) electrons. The van der Waals surface area contributed by atoms with Gasteiger partial charge in [0, 0.05) is 18.1 Å². The molecule has 0 unspecified atom stereocenters. The molecule has 1 N–H and O–H groups in total. The van der Waals surface area contributed by atoms with Gasteiger partial charge in [-0.3, -0.25) is 4.79 Å². The zero-order chi connectivity index (χ0) is 14.7. The average molecular weight is 314 g/mol. The first-order valence-corrected chi connectivity index (χ1v) is 7.49. The van der Waals surface area contributed by atoms with Crippen molar-refractivity contribution in [2.24, 2.45) is 0 Å². The van der Waals surface area contributed by atoms with Crippen LogP contribution in [0.25, 0.3) is 11.0 Å². The van der Waals surface area contributed by atoms with E-state index in [0.29, 0.717) is 10.2 Å². The second-order valence-electron chi connectivity index (χ2n) is 4.66. The molecule has 0 fully saturated rings. The Labute approximate surface area is 126 Å². The summed E-state index contributed by atoms with van der Waals surface area (Å²) in [6.07, 6.45) is 0. The quantitative estimate of drug-likeness (QED) is 0.830. The van der Waals surface area contributed by atoms with Gasteiger partial charge in [-0.1, -0.05) is 23.4 Å². The topological polar surface area (TPSA) is 58.4 Å².